The number of benzene rings is 4. The summed E-state index contributed by atoms with van der Waals surface area (Å²) in [6.07, 6.45) is 0.558. The maximum atomic E-state index is 13.3. The predicted octanol–water partition coefficient (Wildman–Crippen LogP) is 6.97. The number of carboxylic acids is 2. The molecule has 5 aromatic rings. The third-order valence-corrected chi connectivity index (χ3v) is 8.49. The van der Waals surface area contributed by atoms with E-state index >= 15 is 0 Å². The van der Waals surface area contributed by atoms with Gasteiger partial charge < -0.3 is 25.4 Å². The van der Waals surface area contributed by atoms with Crippen LogP contribution < -0.4 is 10.6 Å². The number of nitrogens with zero attached hydrogens (tertiary/aromatic N) is 1. The molecule has 218 valence electrons. The average Bonchev–Trinajstić information content (AvgIpc) is 3.32. The Morgan fingerprint density at radius 1 is 0.744 bits per heavy atom. The number of aromatic carboxylic acids is 2. The monoisotopic (exact) mass is 595 g/mol. The average molecular weight is 596 g/mol. The molecule has 5 rings (SSSR count). The van der Waals surface area contributed by atoms with Crippen molar-refractivity contribution in [3.05, 3.63) is 102 Å². The molecule has 43 heavy (non-hydrogen) atoms. The Kier molecular flexibility index (Phi) is 8.49. The Hall–Kier alpha value is -5.09. The minimum absolute atomic E-state index is 0.148. The van der Waals surface area contributed by atoms with E-state index < -0.39 is 28.7 Å². The summed E-state index contributed by atoms with van der Waals surface area (Å²) in [5.74, 6) is -3.55. The molecule has 0 bridgehead atoms. The lowest BCUT2D eigenvalue weighted by Gasteiger charge is -2.16. The first-order valence-electron chi connectivity index (χ1n) is 13.7. The molecule has 1 aromatic heterocycles. The van der Waals surface area contributed by atoms with Crippen LogP contribution in [0, 0.1) is 0 Å². The summed E-state index contributed by atoms with van der Waals surface area (Å²) in [6.45, 7) is 4.87. The number of amides is 2. The van der Waals surface area contributed by atoms with Crippen LogP contribution in [0.1, 0.15) is 51.3 Å². The van der Waals surface area contributed by atoms with Gasteiger partial charge in [0.15, 0.2) is 0 Å². The van der Waals surface area contributed by atoms with Gasteiger partial charge in [-0.2, -0.15) is 0 Å². The van der Waals surface area contributed by atoms with Gasteiger partial charge >= 0.3 is 11.9 Å². The van der Waals surface area contributed by atoms with Gasteiger partial charge in [0.05, 0.1) is 21.9 Å². The van der Waals surface area contributed by atoms with Crippen molar-refractivity contribution in [1.82, 2.24) is 4.57 Å². The molecule has 1 atom stereocenters. The lowest BCUT2D eigenvalue weighted by molar-refractivity contribution is -0.115. The van der Waals surface area contributed by atoms with Gasteiger partial charge in [0, 0.05) is 44.6 Å². The van der Waals surface area contributed by atoms with Crippen LogP contribution in [0.5, 0.6) is 0 Å². The zero-order valence-electron chi connectivity index (χ0n) is 23.5. The number of thioether (sulfide) groups is 1. The molecule has 0 aliphatic rings. The van der Waals surface area contributed by atoms with E-state index in [0.29, 0.717) is 17.8 Å². The molecule has 1 heterocycles. The first-order chi connectivity index (χ1) is 20.7. The smallest absolute Gasteiger partial charge is 0.336 e. The molecule has 4 N–H and O–H groups in total. The van der Waals surface area contributed by atoms with Gasteiger partial charge in [0.1, 0.15) is 0 Å². The van der Waals surface area contributed by atoms with E-state index in [1.807, 2.05) is 43.3 Å². The molecule has 0 spiro atoms. The van der Waals surface area contributed by atoms with Crippen LogP contribution in [0.15, 0.2) is 89.8 Å². The molecule has 0 aliphatic heterocycles. The van der Waals surface area contributed by atoms with Crippen molar-refractivity contribution < 1.29 is 29.4 Å². The van der Waals surface area contributed by atoms with Gasteiger partial charge in [0.25, 0.3) is 5.91 Å². The first kappa shape index (κ1) is 29.4. The Labute approximate surface area is 251 Å². The highest BCUT2D eigenvalue weighted by molar-refractivity contribution is 8.00. The fourth-order valence-electron chi connectivity index (χ4n) is 5.08. The molecule has 2 amide bonds. The lowest BCUT2D eigenvalue weighted by atomic mass is 10.0. The molecule has 10 heteroatoms. The normalized spacial score (nSPS) is 11.8. The maximum absolute atomic E-state index is 13.3. The SMILES string of the molecule is CCC(Sc1cccc(NC(=O)c2ccc(C(=O)O)cc2C(=O)O)c1)C(=O)Nc1ccc2c(c1)c1ccccc1n2CC. The van der Waals surface area contributed by atoms with Crippen LogP contribution in [-0.4, -0.2) is 43.8 Å². The van der Waals surface area contributed by atoms with E-state index in [1.165, 1.54) is 23.9 Å². The maximum Gasteiger partial charge on any atom is 0.336 e. The molecule has 4 aromatic carbocycles. The quantitative estimate of drug-likeness (QED) is 0.128. The minimum atomic E-state index is -1.41. The van der Waals surface area contributed by atoms with E-state index in [9.17, 15) is 24.3 Å². The van der Waals surface area contributed by atoms with E-state index in [1.54, 1.807) is 18.2 Å². The number of carbonyl (C=O) groups is 4. The fraction of sp³-hybridized carbons (Fsp3) is 0.152. The topological polar surface area (TPSA) is 138 Å². The molecule has 0 radical (unpaired) electrons. The highest BCUT2D eigenvalue weighted by atomic mass is 32.2. The Bertz CT molecular complexity index is 1900. The van der Waals surface area contributed by atoms with Crippen molar-refractivity contribution in [3.63, 3.8) is 0 Å². The highest BCUT2D eigenvalue weighted by Crippen LogP contribution is 2.32. The summed E-state index contributed by atoms with van der Waals surface area (Å²) < 4.78 is 2.25. The zero-order valence-corrected chi connectivity index (χ0v) is 24.3. The van der Waals surface area contributed by atoms with Crippen molar-refractivity contribution in [3.8, 4) is 0 Å². The lowest BCUT2D eigenvalue weighted by Crippen LogP contribution is -2.24. The third-order valence-electron chi connectivity index (χ3n) is 7.13. The van der Waals surface area contributed by atoms with Gasteiger partial charge in [-0.1, -0.05) is 31.2 Å². The second kappa shape index (κ2) is 12.4. The number of nitrogens with one attached hydrogen (secondary N) is 2. The van der Waals surface area contributed by atoms with Crippen molar-refractivity contribution in [2.45, 2.75) is 37.0 Å². The highest BCUT2D eigenvalue weighted by Gasteiger charge is 2.21. The number of fused-ring (bicyclic) bond motifs is 3. The number of carbonyl (C=O) groups excluding carboxylic acids is 2. The van der Waals surface area contributed by atoms with Crippen molar-refractivity contribution in [2.24, 2.45) is 0 Å². The summed E-state index contributed by atoms with van der Waals surface area (Å²) >= 11 is 1.35. The van der Waals surface area contributed by atoms with Gasteiger partial charge in [-0.05, 0) is 74.0 Å². The van der Waals surface area contributed by atoms with Crippen molar-refractivity contribution >= 4 is 68.7 Å². The minimum Gasteiger partial charge on any atom is -0.478 e. The van der Waals surface area contributed by atoms with Crippen LogP contribution in [0.4, 0.5) is 11.4 Å². The number of hydrogen-bond donors (Lipinski definition) is 4. The predicted molar refractivity (Wildman–Crippen MR) is 168 cm³/mol. The number of para-hydroxylation sites is 1. The van der Waals surface area contributed by atoms with E-state index in [0.717, 1.165) is 39.3 Å². The van der Waals surface area contributed by atoms with Gasteiger partial charge in [-0.25, -0.2) is 9.59 Å². The van der Waals surface area contributed by atoms with E-state index in [-0.39, 0.29) is 17.0 Å². The van der Waals surface area contributed by atoms with Crippen LogP contribution in [0.25, 0.3) is 21.8 Å². The Balaban J connectivity index is 1.31. The van der Waals surface area contributed by atoms with Gasteiger partial charge in [-0.15, -0.1) is 11.8 Å². The van der Waals surface area contributed by atoms with Gasteiger partial charge in [-0.3, -0.25) is 9.59 Å². The number of hydrogen-bond acceptors (Lipinski definition) is 5. The second-order valence-electron chi connectivity index (χ2n) is 9.85. The fourth-order valence-corrected chi connectivity index (χ4v) is 6.09. The number of aromatic nitrogens is 1. The number of aryl methyl sites for hydroxylation is 1. The summed E-state index contributed by atoms with van der Waals surface area (Å²) in [5, 5.41) is 26.2. The number of rotatable bonds is 10. The molecular formula is C33H29N3O6S. The summed E-state index contributed by atoms with van der Waals surface area (Å²) in [5.41, 5.74) is 2.55. The summed E-state index contributed by atoms with van der Waals surface area (Å²) in [4.78, 5) is 49.9. The summed E-state index contributed by atoms with van der Waals surface area (Å²) in [6, 6.07) is 24.4. The largest absolute Gasteiger partial charge is 0.478 e. The van der Waals surface area contributed by atoms with Gasteiger partial charge in [0.2, 0.25) is 5.91 Å². The van der Waals surface area contributed by atoms with E-state index in [4.69, 9.17) is 5.11 Å². The molecule has 1 unspecified atom stereocenters. The molecule has 0 fully saturated rings. The third kappa shape index (κ3) is 6.09. The van der Waals surface area contributed by atoms with Crippen molar-refractivity contribution in [1.29, 1.82) is 0 Å². The molecule has 0 saturated heterocycles. The Morgan fingerprint density at radius 3 is 2.21 bits per heavy atom. The Morgan fingerprint density at radius 2 is 1.49 bits per heavy atom. The summed E-state index contributed by atoms with van der Waals surface area (Å²) in [7, 11) is 0. The standard InChI is InChI=1S/C33H29N3O6S/c1-3-29(31(38)35-21-13-15-28-25(18-21)23-10-5-6-11-27(23)36(28)4-2)43-22-9-7-8-20(17-22)34-30(37)24-14-12-19(32(39)40)16-26(24)33(41)42/h5-18,29H,3-4H2,1-2H3,(H,34,37)(H,35,38)(H,39,40)(H,41,42). The first-order valence-corrected chi connectivity index (χ1v) is 14.6. The van der Waals surface area contributed by atoms with Crippen LogP contribution >= 0.6 is 11.8 Å². The van der Waals surface area contributed by atoms with Crippen LogP contribution in [-0.2, 0) is 11.3 Å². The van der Waals surface area contributed by atoms with E-state index in [2.05, 4.69) is 34.3 Å². The van der Waals surface area contributed by atoms with Crippen LogP contribution in [0.2, 0.25) is 0 Å². The molecule has 0 aliphatic carbocycles. The zero-order chi connectivity index (χ0) is 30.7. The second-order valence-corrected chi connectivity index (χ2v) is 11.1. The van der Waals surface area contributed by atoms with Crippen molar-refractivity contribution in [2.75, 3.05) is 10.6 Å². The number of carboxylic acid groups (broad SMARTS) is 2. The number of anilines is 2. The molecule has 0 saturated carbocycles. The molecule has 9 nitrogen and oxygen atoms in total. The molecular weight excluding hydrogens is 566 g/mol. The van der Waals surface area contributed by atoms with Crippen LogP contribution in [0.3, 0.4) is 0 Å².